The lowest BCUT2D eigenvalue weighted by atomic mass is 9.83. The monoisotopic (exact) mass is 631 g/mol. The van der Waals surface area contributed by atoms with Crippen LogP contribution >= 0.6 is 15.9 Å². The van der Waals surface area contributed by atoms with Crippen LogP contribution in [0.3, 0.4) is 0 Å². The minimum atomic E-state index is -1.83. The maximum atomic E-state index is 13.9. The molecule has 2 aliphatic heterocycles. The van der Waals surface area contributed by atoms with Crippen LogP contribution in [-0.2, 0) is 33.1 Å². The molecular formula is C33H34BrN3O5. The zero-order valence-electron chi connectivity index (χ0n) is 23.4. The Morgan fingerprint density at radius 3 is 2.52 bits per heavy atom. The van der Waals surface area contributed by atoms with Gasteiger partial charge in [-0.15, -0.1) is 0 Å². The molecule has 3 amide bonds. The number of fused-ring (bicyclic) bond motifs is 1. The zero-order valence-corrected chi connectivity index (χ0v) is 25.0. The van der Waals surface area contributed by atoms with Crippen molar-refractivity contribution >= 4 is 45.0 Å². The summed E-state index contributed by atoms with van der Waals surface area (Å²) in [5.41, 5.74) is 1.88. The van der Waals surface area contributed by atoms with Crippen LogP contribution < -0.4 is 9.80 Å². The third kappa shape index (κ3) is 5.90. The van der Waals surface area contributed by atoms with Crippen molar-refractivity contribution in [2.75, 3.05) is 29.5 Å². The number of nitrogens with zero attached hydrogens (tertiary/aromatic N) is 3. The van der Waals surface area contributed by atoms with E-state index in [1.165, 1.54) is 0 Å². The van der Waals surface area contributed by atoms with Crippen molar-refractivity contribution in [1.82, 2.24) is 4.90 Å². The second kappa shape index (κ2) is 12.6. The molecule has 3 aromatic rings. The highest BCUT2D eigenvalue weighted by Gasteiger charge is 2.52. The second-order valence-electron chi connectivity index (χ2n) is 10.7. The van der Waals surface area contributed by atoms with E-state index in [-0.39, 0.29) is 37.9 Å². The second-order valence-corrected chi connectivity index (χ2v) is 11.6. The molecule has 218 valence electrons. The first kappa shape index (κ1) is 29.7. The molecule has 0 aromatic heterocycles. The maximum Gasteiger partial charge on any atom is 0.264 e. The Bertz CT molecular complexity index is 1510. The molecule has 9 heteroatoms. The van der Waals surface area contributed by atoms with E-state index in [1.807, 2.05) is 66.7 Å². The molecule has 0 radical (unpaired) electrons. The molecule has 2 atom stereocenters. The number of carbonyl (C=O) groups excluding carboxylic acids is 3. The molecule has 2 heterocycles. The smallest absolute Gasteiger partial charge is 0.264 e. The van der Waals surface area contributed by atoms with Crippen molar-refractivity contribution in [2.45, 2.75) is 38.5 Å². The molecule has 8 nitrogen and oxygen atoms in total. The van der Waals surface area contributed by atoms with Crippen molar-refractivity contribution in [2.24, 2.45) is 5.92 Å². The molecule has 0 aliphatic carbocycles. The van der Waals surface area contributed by atoms with Gasteiger partial charge in [-0.3, -0.25) is 14.4 Å². The van der Waals surface area contributed by atoms with Gasteiger partial charge in [-0.1, -0.05) is 77.5 Å². The largest absolute Gasteiger partial charge is 0.395 e. The lowest BCUT2D eigenvalue weighted by molar-refractivity contribution is -0.139. The summed E-state index contributed by atoms with van der Waals surface area (Å²) in [5.74, 6) is -1.17. The summed E-state index contributed by atoms with van der Waals surface area (Å²) in [6, 6.07) is 22.5. The third-order valence-electron chi connectivity index (χ3n) is 7.96. The lowest BCUT2D eigenvalue weighted by Gasteiger charge is -2.31. The number of aliphatic hydroxyl groups excluding tert-OH is 1. The summed E-state index contributed by atoms with van der Waals surface area (Å²) in [6.07, 6.45) is 3.99. The Morgan fingerprint density at radius 1 is 1.07 bits per heavy atom. The molecule has 0 saturated carbocycles. The molecular weight excluding hydrogens is 598 g/mol. The molecule has 1 fully saturated rings. The fourth-order valence-electron chi connectivity index (χ4n) is 5.53. The molecule has 0 bridgehead atoms. The van der Waals surface area contributed by atoms with Crippen molar-refractivity contribution in [3.05, 3.63) is 106 Å². The highest BCUT2D eigenvalue weighted by atomic mass is 79.9. The summed E-state index contributed by atoms with van der Waals surface area (Å²) in [4.78, 5) is 43.8. The highest BCUT2D eigenvalue weighted by Crippen LogP contribution is 2.47. The van der Waals surface area contributed by atoms with Crippen molar-refractivity contribution in [3.8, 4) is 0 Å². The first-order valence-electron chi connectivity index (χ1n) is 14.0. The van der Waals surface area contributed by atoms with Gasteiger partial charge in [0, 0.05) is 54.1 Å². The van der Waals surface area contributed by atoms with Gasteiger partial charge < -0.3 is 24.9 Å². The summed E-state index contributed by atoms with van der Waals surface area (Å²) in [5, 5.41) is 21.5. The number of aliphatic hydroxyl groups is 2. The minimum absolute atomic E-state index is 0.0680. The first-order chi connectivity index (χ1) is 20.2. The molecule has 2 N–H and O–H groups in total. The van der Waals surface area contributed by atoms with E-state index in [4.69, 9.17) is 0 Å². The highest BCUT2D eigenvalue weighted by molar-refractivity contribution is 9.10. The number of benzene rings is 3. The van der Waals surface area contributed by atoms with E-state index < -0.39 is 17.4 Å². The van der Waals surface area contributed by atoms with Gasteiger partial charge >= 0.3 is 0 Å². The SMILES string of the molecule is C[C@H](/C=C/CC(=O)N(CCO)Cc1ccccc1)[C@@]1(O)C(=O)N(Cc2cccc(N3CCC3=O)c2)c2ccc(Br)cc21. The van der Waals surface area contributed by atoms with E-state index in [0.717, 1.165) is 21.3 Å². The van der Waals surface area contributed by atoms with Gasteiger partial charge in [-0.25, -0.2) is 0 Å². The Morgan fingerprint density at radius 2 is 1.83 bits per heavy atom. The number of amides is 3. The fraction of sp³-hybridized carbons (Fsp3) is 0.303. The van der Waals surface area contributed by atoms with Gasteiger partial charge in [-0.2, -0.15) is 0 Å². The Labute approximate surface area is 254 Å². The van der Waals surface area contributed by atoms with Gasteiger partial charge in [0.15, 0.2) is 5.60 Å². The van der Waals surface area contributed by atoms with E-state index in [1.54, 1.807) is 39.8 Å². The maximum absolute atomic E-state index is 13.9. The van der Waals surface area contributed by atoms with Crippen molar-refractivity contribution in [3.63, 3.8) is 0 Å². The van der Waals surface area contributed by atoms with E-state index in [0.29, 0.717) is 30.8 Å². The van der Waals surface area contributed by atoms with Gasteiger partial charge in [0.1, 0.15) is 0 Å². The van der Waals surface area contributed by atoms with E-state index >= 15 is 0 Å². The topological polar surface area (TPSA) is 101 Å². The number of rotatable bonds is 11. The number of halogens is 1. The molecule has 42 heavy (non-hydrogen) atoms. The van der Waals surface area contributed by atoms with Crippen LogP contribution in [-0.4, -0.2) is 52.5 Å². The van der Waals surface area contributed by atoms with Crippen LogP contribution in [0.4, 0.5) is 11.4 Å². The number of hydrogen-bond donors (Lipinski definition) is 2. The molecule has 0 unspecified atom stereocenters. The number of anilines is 2. The Hall–Kier alpha value is -3.79. The number of β-lactam (4-membered cyclic amide) rings is 1. The fourth-order valence-corrected chi connectivity index (χ4v) is 5.89. The standard InChI is InChI=1S/C33H34BrN3O5/c1-23(7-5-12-30(39)35(17-18-38)21-24-8-3-2-4-9-24)33(42)28-20-26(34)13-14-29(28)37(32(33)41)22-25-10-6-11-27(19-25)36-16-15-31(36)40/h2-11,13-14,19-20,23,38,42H,12,15-18,21-22H2,1H3/b7-5+/t23-,33+/m1/s1. The summed E-state index contributed by atoms with van der Waals surface area (Å²) in [7, 11) is 0. The van der Waals surface area contributed by atoms with Crippen molar-refractivity contribution in [1.29, 1.82) is 0 Å². The lowest BCUT2D eigenvalue weighted by Crippen LogP contribution is -2.44. The Kier molecular flexibility index (Phi) is 8.91. The van der Waals surface area contributed by atoms with Gasteiger partial charge in [0.2, 0.25) is 11.8 Å². The third-order valence-corrected chi connectivity index (χ3v) is 8.45. The van der Waals surface area contributed by atoms with E-state index in [2.05, 4.69) is 15.9 Å². The molecule has 0 spiro atoms. The van der Waals surface area contributed by atoms with Crippen molar-refractivity contribution < 1.29 is 24.6 Å². The number of carbonyl (C=O) groups is 3. The number of hydrogen-bond acceptors (Lipinski definition) is 5. The summed E-state index contributed by atoms with van der Waals surface area (Å²) >= 11 is 3.48. The predicted octanol–water partition coefficient (Wildman–Crippen LogP) is 4.52. The normalized spacial score (nSPS) is 18.8. The van der Waals surface area contributed by atoms with Crippen LogP contribution in [0.1, 0.15) is 36.5 Å². The predicted molar refractivity (Wildman–Crippen MR) is 165 cm³/mol. The average molecular weight is 633 g/mol. The quantitative estimate of drug-likeness (QED) is 0.239. The van der Waals surface area contributed by atoms with Crippen LogP contribution in [0, 0.1) is 5.92 Å². The minimum Gasteiger partial charge on any atom is -0.395 e. The molecule has 3 aromatic carbocycles. The van der Waals surface area contributed by atoms with Crippen LogP contribution in [0.5, 0.6) is 0 Å². The zero-order chi connectivity index (χ0) is 29.9. The molecule has 1 saturated heterocycles. The average Bonchev–Trinajstić information content (AvgIpc) is 3.18. The van der Waals surface area contributed by atoms with Crippen LogP contribution in [0.15, 0.2) is 89.4 Å². The molecule has 2 aliphatic rings. The summed E-state index contributed by atoms with van der Waals surface area (Å²) in [6.45, 7) is 3.12. The molecule has 5 rings (SSSR count). The summed E-state index contributed by atoms with van der Waals surface area (Å²) < 4.78 is 0.736. The van der Waals surface area contributed by atoms with Gasteiger partial charge in [-0.05, 0) is 41.5 Å². The van der Waals surface area contributed by atoms with Gasteiger partial charge in [0.05, 0.1) is 18.8 Å². The Balaban J connectivity index is 1.33. The van der Waals surface area contributed by atoms with E-state index in [9.17, 15) is 24.6 Å². The van der Waals surface area contributed by atoms with Gasteiger partial charge in [0.25, 0.3) is 5.91 Å². The first-order valence-corrected chi connectivity index (χ1v) is 14.8. The van der Waals surface area contributed by atoms with Crippen LogP contribution in [0.25, 0.3) is 0 Å². The van der Waals surface area contributed by atoms with Crippen LogP contribution in [0.2, 0.25) is 0 Å².